The summed E-state index contributed by atoms with van der Waals surface area (Å²) >= 11 is 0. The Morgan fingerprint density at radius 3 is 2.28 bits per heavy atom. The lowest BCUT2D eigenvalue weighted by Gasteiger charge is -2.70. The van der Waals surface area contributed by atoms with Gasteiger partial charge in [0.1, 0.15) is 6.54 Å². The number of halogens is 1. The molecule has 4 bridgehead atoms. The van der Waals surface area contributed by atoms with Gasteiger partial charge in [0, 0.05) is 24.5 Å². The molecule has 4 aliphatic carbocycles. The number of nitrogens with zero attached hydrogens (tertiary/aromatic N) is 1. The number of quaternary nitrogens is 1. The Labute approximate surface area is 204 Å². The summed E-state index contributed by atoms with van der Waals surface area (Å²) in [4.78, 5) is 12.1. The van der Waals surface area contributed by atoms with E-state index in [9.17, 15) is 0 Å². The molecule has 180 valence electrons. The molecule has 3 unspecified atom stereocenters. The number of hydrogen-bond donors (Lipinski definition) is 0. The maximum absolute atomic E-state index is 6.78. The van der Waals surface area contributed by atoms with E-state index in [1.54, 1.807) is 7.11 Å². The highest BCUT2D eigenvalue weighted by atomic mass is 79.9. The van der Waals surface area contributed by atoms with Crippen LogP contribution in [0.3, 0.4) is 0 Å². The summed E-state index contributed by atoms with van der Waals surface area (Å²) in [6.45, 7) is 10.9. The standard InChI is InChI=1S/C26H40NO4.BrH/c1-6-27(4,7-2)11-12-29-24-16-20-14-22(17-24)25(23(15-20)18-24)26(28-5,31-30-25)21-10-8-9-19(3)13-21;/h8-10,13,20,22-23H,6-7,11-12,14-18H2,1-5H3;1H/q+1;. The fourth-order valence-corrected chi connectivity index (χ4v) is 7.42. The molecule has 0 aromatic heterocycles. The number of rotatable bonds is 8. The SMILES string of the molecule is Br.CC[N+](C)(CC)CCOC12CC3CC(C1)C1(OOC1(OC)c1cccc(C)c1)C(C3)C2. The molecular formula is C26H41BrNO4+. The van der Waals surface area contributed by atoms with Gasteiger partial charge < -0.3 is 14.0 Å². The summed E-state index contributed by atoms with van der Waals surface area (Å²) in [6, 6.07) is 8.54. The molecular weight excluding hydrogens is 470 g/mol. The second-order valence-corrected chi connectivity index (χ2v) is 11.0. The summed E-state index contributed by atoms with van der Waals surface area (Å²) in [6.07, 6.45) is 5.72. The molecule has 1 heterocycles. The largest absolute Gasteiger partial charge is 0.369 e. The van der Waals surface area contributed by atoms with Crippen molar-refractivity contribution in [2.24, 2.45) is 17.8 Å². The molecule has 5 nitrogen and oxygen atoms in total. The third-order valence-electron chi connectivity index (χ3n) is 9.41. The van der Waals surface area contributed by atoms with E-state index in [-0.39, 0.29) is 22.6 Å². The summed E-state index contributed by atoms with van der Waals surface area (Å²) in [5.41, 5.74) is 1.93. The van der Waals surface area contributed by atoms with Gasteiger partial charge in [0.05, 0.1) is 32.3 Å². The topological polar surface area (TPSA) is 36.9 Å². The van der Waals surface area contributed by atoms with Crippen LogP contribution in [-0.2, 0) is 25.0 Å². The first-order valence-corrected chi connectivity index (χ1v) is 12.3. The molecule has 1 spiro atoms. The predicted octanol–water partition coefficient (Wildman–Crippen LogP) is 5.15. The van der Waals surface area contributed by atoms with Crippen molar-refractivity contribution in [3.63, 3.8) is 0 Å². The smallest absolute Gasteiger partial charge is 0.260 e. The van der Waals surface area contributed by atoms with E-state index in [1.165, 1.54) is 24.8 Å². The molecule has 32 heavy (non-hydrogen) atoms. The molecule has 1 saturated heterocycles. The van der Waals surface area contributed by atoms with Gasteiger partial charge in [0.2, 0.25) is 0 Å². The second kappa shape index (κ2) is 8.62. The molecule has 5 fully saturated rings. The fourth-order valence-electron chi connectivity index (χ4n) is 7.42. The summed E-state index contributed by atoms with van der Waals surface area (Å²) in [5.74, 6) is 0.748. The van der Waals surface area contributed by atoms with E-state index in [4.69, 9.17) is 19.2 Å². The zero-order chi connectivity index (χ0) is 21.9. The predicted molar refractivity (Wildman–Crippen MR) is 129 cm³/mol. The van der Waals surface area contributed by atoms with Crippen LogP contribution in [0.25, 0.3) is 0 Å². The number of hydrogen-bond acceptors (Lipinski definition) is 4. The van der Waals surface area contributed by atoms with Crippen molar-refractivity contribution in [3.05, 3.63) is 35.4 Å². The fraction of sp³-hybridized carbons (Fsp3) is 0.769. The van der Waals surface area contributed by atoms with Crippen molar-refractivity contribution < 1.29 is 23.7 Å². The highest BCUT2D eigenvalue weighted by Gasteiger charge is 2.78. The van der Waals surface area contributed by atoms with Crippen LogP contribution in [0.2, 0.25) is 0 Å². The van der Waals surface area contributed by atoms with Crippen molar-refractivity contribution in [1.82, 2.24) is 0 Å². The quantitative estimate of drug-likeness (QED) is 0.357. The Bertz CT molecular complexity index is 808. The highest BCUT2D eigenvalue weighted by molar-refractivity contribution is 8.93. The Morgan fingerprint density at radius 2 is 1.75 bits per heavy atom. The first-order valence-electron chi connectivity index (χ1n) is 12.3. The lowest BCUT2D eigenvalue weighted by molar-refractivity contribution is -0.906. The van der Waals surface area contributed by atoms with Crippen molar-refractivity contribution >= 4 is 17.0 Å². The zero-order valence-electron chi connectivity index (χ0n) is 20.4. The van der Waals surface area contributed by atoms with Crippen LogP contribution in [0.4, 0.5) is 0 Å². The number of methoxy groups -OCH3 is 1. The molecule has 6 rings (SSSR count). The van der Waals surface area contributed by atoms with Crippen molar-refractivity contribution in [1.29, 1.82) is 0 Å². The van der Waals surface area contributed by atoms with Crippen LogP contribution in [0.5, 0.6) is 0 Å². The Balaban J connectivity index is 0.00000245. The zero-order valence-corrected chi connectivity index (χ0v) is 22.1. The van der Waals surface area contributed by atoms with Crippen molar-refractivity contribution in [2.45, 2.75) is 69.9 Å². The maximum atomic E-state index is 6.78. The summed E-state index contributed by atoms with van der Waals surface area (Å²) in [5, 5.41) is 0. The molecule has 0 amide bonds. The van der Waals surface area contributed by atoms with Gasteiger partial charge >= 0.3 is 0 Å². The Hall–Kier alpha value is -0.500. The molecule has 4 saturated carbocycles. The molecule has 1 aromatic carbocycles. The second-order valence-electron chi connectivity index (χ2n) is 11.0. The molecule has 1 aromatic rings. The van der Waals surface area contributed by atoms with Gasteiger partial charge in [-0.3, -0.25) is 0 Å². The third kappa shape index (κ3) is 3.44. The maximum Gasteiger partial charge on any atom is 0.260 e. The molecule has 1 aliphatic heterocycles. The molecule has 0 N–H and O–H groups in total. The number of likely N-dealkylation sites (N-methyl/N-ethyl adjacent to an activating group) is 1. The number of benzene rings is 1. The van der Waals surface area contributed by atoms with Gasteiger partial charge in [-0.1, -0.05) is 29.8 Å². The number of ether oxygens (including phenoxy) is 2. The van der Waals surface area contributed by atoms with Crippen LogP contribution in [0.1, 0.15) is 57.1 Å². The minimum Gasteiger partial charge on any atom is -0.369 e. The first kappa shape index (κ1) is 24.6. The van der Waals surface area contributed by atoms with E-state index < -0.39 is 11.4 Å². The lowest BCUT2D eigenvalue weighted by Crippen LogP contribution is -2.78. The van der Waals surface area contributed by atoms with Crippen molar-refractivity contribution in [3.8, 4) is 0 Å². The highest BCUT2D eigenvalue weighted by Crippen LogP contribution is 2.70. The van der Waals surface area contributed by atoms with Crippen LogP contribution in [0, 0.1) is 24.7 Å². The van der Waals surface area contributed by atoms with Crippen LogP contribution >= 0.6 is 17.0 Å². The monoisotopic (exact) mass is 510 g/mol. The molecule has 6 heteroatoms. The minimum atomic E-state index is -0.803. The first-order chi connectivity index (χ1) is 14.8. The molecule has 5 aliphatic rings. The Morgan fingerprint density at radius 1 is 1.06 bits per heavy atom. The van der Waals surface area contributed by atoms with E-state index in [2.05, 4.69) is 52.1 Å². The third-order valence-corrected chi connectivity index (χ3v) is 9.41. The van der Waals surface area contributed by atoms with E-state index in [0.717, 1.165) is 55.0 Å². The van der Waals surface area contributed by atoms with Gasteiger partial charge in [-0.05, 0) is 58.8 Å². The van der Waals surface area contributed by atoms with Crippen LogP contribution < -0.4 is 0 Å². The molecule has 0 radical (unpaired) electrons. The van der Waals surface area contributed by atoms with Gasteiger partial charge in [-0.2, -0.15) is 4.89 Å². The summed E-state index contributed by atoms with van der Waals surface area (Å²) in [7, 11) is 4.12. The van der Waals surface area contributed by atoms with E-state index >= 15 is 0 Å². The van der Waals surface area contributed by atoms with Crippen molar-refractivity contribution in [2.75, 3.05) is 40.4 Å². The number of aryl methyl sites for hydroxylation is 1. The van der Waals surface area contributed by atoms with Crippen LogP contribution in [-0.4, -0.2) is 56.1 Å². The van der Waals surface area contributed by atoms with E-state index in [1.807, 2.05) is 0 Å². The van der Waals surface area contributed by atoms with Gasteiger partial charge in [0.25, 0.3) is 5.79 Å². The lowest BCUT2D eigenvalue weighted by atomic mass is 9.45. The van der Waals surface area contributed by atoms with Crippen LogP contribution in [0.15, 0.2) is 24.3 Å². The summed E-state index contributed by atoms with van der Waals surface area (Å²) < 4.78 is 14.0. The van der Waals surface area contributed by atoms with E-state index in [0.29, 0.717) is 11.8 Å². The normalized spacial score (nSPS) is 39.7. The average Bonchev–Trinajstić information content (AvgIpc) is 2.73. The van der Waals surface area contributed by atoms with Gasteiger partial charge in [-0.15, -0.1) is 17.0 Å². The van der Waals surface area contributed by atoms with Gasteiger partial charge in [-0.25, -0.2) is 4.89 Å². The van der Waals surface area contributed by atoms with Gasteiger partial charge in [0.15, 0.2) is 5.60 Å². The Kier molecular flexibility index (Phi) is 6.63. The molecule has 3 atom stereocenters. The average molecular weight is 512 g/mol. The minimum absolute atomic E-state index is 0.